The molecule has 0 radical (unpaired) electrons. The molecule has 1 N–H and O–H groups in total. The lowest BCUT2D eigenvalue weighted by atomic mass is 9.71. The van der Waals surface area contributed by atoms with Gasteiger partial charge in [0.25, 0.3) is 0 Å². The minimum atomic E-state index is -0.217. The molecule has 1 heterocycles. The molecule has 0 amide bonds. The summed E-state index contributed by atoms with van der Waals surface area (Å²) in [7, 11) is 0. The van der Waals surface area contributed by atoms with Gasteiger partial charge in [0.15, 0.2) is 0 Å². The third-order valence-corrected chi connectivity index (χ3v) is 4.78. The molecule has 3 nitrogen and oxygen atoms in total. The number of hydrogen-bond donors (Lipinski definition) is 1. The molecule has 1 aliphatic carbocycles. The molecule has 104 valence electrons. The van der Waals surface area contributed by atoms with Crippen molar-refractivity contribution in [3.63, 3.8) is 0 Å². The molecule has 1 saturated carbocycles. The molecule has 3 unspecified atom stereocenters. The van der Waals surface area contributed by atoms with Crippen molar-refractivity contribution in [1.29, 1.82) is 0 Å². The van der Waals surface area contributed by atoms with Gasteiger partial charge in [0.1, 0.15) is 5.78 Å². The molecule has 0 spiro atoms. The van der Waals surface area contributed by atoms with Gasteiger partial charge in [0.2, 0.25) is 0 Å². The Bertz CT molecular complexity index is 314. The summed E-state index contributed by atoms with van der Waals surface area (Å²) in [6.45, 7) is 9.26. The first-order valence-electron chi connectivity index (χ1n) is 7.30. The molecular formula is C15H27NO2. The van der Waals surface area contributed by atoms with Gasteiger partial charge in [-0.3, -0.25) is 4.79 Å². The summed E-state index contributed by atoms with van der Waals surface area (Å²) in [5.74, 6) is 1.02. The second-order valence-electron chi connectivity index (χ2n) is 7.12. The number of hydrogen-bond acceptors (Lipinski definition) is 3. The number of Topliss-reactive ketones (excluding diaryl/α,β-unsaturated/α-hetero) is 1. The smallest absolute Gasteiger partial charge is 0.137 e. The van der Waals surface area contributed by atoms with Crippen LogP contribution in [0.4, 0.5) is 0 Å². The van der Waals surface area contributed by atoms with Crippen LogP contribution >= 0.6 is 0 Å². The second kappa shape index (κ2) is 5.30. The third kappa shape index (κ3) is 3.33. The molecule has 3 heteroatoms. The molecule has 2 aliphatic rings. The second-order valence-corrected chi connectivity index (χ2v) is 7.12. The van der Waals surface area contributed by atoms with Crippen LogP contribution in [-0.2, 0) is 4.79 Å². The maximum Gasteiger partial charge on any atom is 0.137 e. The van der Waals surface area contributed by atoms with Gasteiger partial charge in [0, 0.05) is 25.4 Å². The molecule has 2 rings (SSSR count). The summed E-state index contributed by atoms with van der Waals surface area (Å²) >= 11 is 0. The largest absolute Gasteiger partial charge is 0.392 e. The molecule has 1 aliphatic heterocycles. The summed E-state index contributed by atoms with van der Waals surface area (Å²) in [5.41, 5.74) is 0.306. The van der Waals surface area contributed by atoms with Crippen LogP contribution in [0.25, 0.3) is 0 Å². The molecule has 0 bridgehead atoms. The van der Waals surface area contributed by atoms with E-state index in [1.54, 1.807) is 0 Å². The maximum atomic E-state index is 12.0. The number of piperidine rings is 1. The Balaban J connectivity index is 1.90. The van der Waals surface area contributed by atoms with Gasteiger partial charge in [-0.25, -0.2) is 0 Å². The lowest BCUT2D eigenvalue weighted by Gasteiger charge is -2.39. The summed E-state index contributed by atoms with van der Waals surface area (Å²) in [5, 5.41) is 9.92. The zero-order valence-corrected chi connectivity index (χ0v) is 12.0. The van der Waals surface area contributed by atoms with Crippen LogP contribution in [-0.4, -0.2) is 41.5 Å². The van der Waals surface area contributed by atoms with Gasteiger partial charge >= 0.3 is 0 Å². The highest BCUT2D eigenvalue weighted by Gasteiger charge is 2.35. The van der Waals surface area contributed by atoms with Crippen LogP contribution in [0.15, 0.2) is 0 Å². The SMILES string of the molecule is CC1CCN(CC2CC(C)(C)CCC2=O)CC1O. The van der Waals surface area contributed by atoms with Crippen LogP contribution in [0.1, 0.15) is 46.5 Å². The number of aliphatic hydroxyl groups excluding tert-OH is 1. The minimum Gasteiger partial charge on any atom is -0.392 e. The van der Waals surface area contributed by atoms with Crippen molar-refractivity contribution in [2.45, 2.75) is 52.6 Å². The number of carbonyl (C=O) groups is 1. The zero-order chi connectivity index (χ0) is 13.3. The summed E-state index contributed by atoms with van der Waals surface area (Å²) in [6, 6.07) is 0. The van der Waals surface area contributed by atoms with Gasteiger partial charge < -0.3 is 10.0 Å². The lowest BCUT2D eigenvalue weighted by molar-refractivity contribution is -0.128. The topological polar surface area (TPSA) is 40.5 Å². The van der Waals surface area contributed by atoms with E-state index in [9.17, 15) is 9.90 Å². The van der Waals surface area contributed by atoms with Crippen molar-refractivity contribution in [2.75, 3.05) is 19.6 Å². The van der Waals surface area contributed by atoms with Crippen molar-refractivity contribution >= 4 is 5.78 Å². The molecular weight excluding hydrogens is 226 g/mol. The molecule has 0 aromatic rings. The zero-order valence-electron chi connectivity index (χ0n) is 12.0. The van der Waals surface area contributed by atoms with Crippen molar-refractivity contribution in [3.05, 3.63) is 0 Å². The lowest BCUT2D eigenvalue weighted by Crippen LogP contribution is -2.47. The monoisotopic (exact) mass is 253 g/mol. The van der Waals surface area contributed by atoms with E-state index >= 15 is 0 Å². The van der Waals surface area contributed by atoms with E-state index in [2.05, 4.69) is 25.7 Å². The highest BCUT2D eigenvalue weighted by Crippen LogP contribution is 2.37. The van der Waals surface area contributed by atoms with E-state index in [1.165, 1.54) is 0 Å². The number of carbonyl (C=O) groups excluding carboxylic acids is 1. The fourth-order valence-corrected chi connectivity index (χ4v) is 3.31. The van der Waals surface area contributed by atoms with Gasteiger partial charge in [-0.05, 0) is 37.1 Å². The Morgan fingerprint density at radius 1 is 1.44 bits per heavy atom. The van der Waals surface area contributed by atoms with E-state index in [0.717, 1.165) is 45.3 Å². The van der Waals surface area contributed by atoms with E-state index in [-0.39, 0.29) is 12.0 Å². The molecule has 0 aromatic carbocycles. The first-order valence-corrected chi connectivity index (χ1v) is 7.30. The fourth-order valence-electron chi connectivity index (χ4n) is 3.31. The quantitative estimate of drug-likeness (QED) is 0.819. The summed E-state index contributed by atoms with van der Waals surface area (Å²) in [6.07, 6.45) is 3.61. The van der Waals surface area contributed by atoms with Gasteiger partial charge in [0.05, 0.1) is 6.10 Å². The van der Waals surface area contributed by atoms with Crippen molar-refractivity contribution in [2.24, 2.45) is 17.3 Å². The third-order valence-electron chi connectivity index (χ3n) is 4.78. The Hall–Kier alpha value is -0.410. The Labute approximate surface area is 111 Å². The number of β-amino-alcohol motifs (C(OH)–C–C–N with tert-alkyl or cyclic N) is 1. The number of likely N-dealkylation sites (tertiary alicyclic amines) is 1. The normalized spacial score (nSPS) is 37.8. The van der Waals surface area contributed by atoms with E-state index < -0.39 is 0 Å². The first-order chi connectivity index (χ1) is 8.37. The van der Waals surface area contributed by atoms with Crippen molar-refractivity contribution in [1.82, 2.24) is 4.90 Å². The highest BCUT2D eigenvalue weighted by molar-refractivity contribution is 5.82. The van der Waals surface area contributed by atoms with Crippen LogP contribution in [0.2, 0.25) is 0 Å². The molecule has 2 fully saturated rings. The number of ketones is 1. The number of aliphatic hydroxyl groups is 1. The van der Waals surface area contributed by atoms with Crippen molar-refractivity contribution in [3.8, 4) is 0 Å². The predicted molar refractivity (Wildman–Crippen MR) is 72.4 cm³/mol. The highest BCUT2D eigenvalue weighted by atomic mass is 16.3. The Morgan fingerprint density at radius 2 is 2.17 bits per heavy atom. The van der Waals surface area contributed by atoms with Crippen molar-refractivity contribution < 1.29 is 9.90 Å². The van der Waals surface area contributed by atoms with Crippen LogP contribution < -0.4 is 0 Å². The standard InChI is InChI=1S/C15H27NO2/c1-11-5-7-16(10-14(11)18)9-12-8-15(2,3)6-4-13(12)17/h11-12,14,18H,4-10H2,1-3H3. The minimum absolute atomic E-state index is 0.189. The number of nitrogens with zero attached hydrogens (tertiary/aromatic N) is 1. The molecule has 18 heavy (non-hydrogen) atoms. The average molecular weight is 253 g/mol. The van der Waals surface area contributed by atoms with E-state index in [1.807, 2.05) is 0 Å². The fraction of sp³-hybridized carbons (Fsp3) is 0.933. The summed E-state index contributed by atoms with van der Waals surface area (Å²) in [4.78, 5) is 14.3. The average Bonchev–Trinajstić information content (AvgIpc) is 2.28. The van der Waals surface area contributed by atoms with Gasteiger partial charge in [-0.15, -0.1) is 0 Å². The molecule has 3 atom stereocenters. The van der Waals surface area contributed by atoms with Gasteiger partial charge in [-0.2, -0.15) is 0 Å². The molecule has 0 aromatic heterocycles. The van der Waals surface area contributed by atoms with Crippen LogP contribution in [0, 0.1) is 17.3 Å². The number of rotatable bonds is 2. The first kappa shape index (κ1) is 14.0. The van der Waals surface area contributed by atoms with E-state index in [0.29, 0.717) is 17.1 Å². The van der Waals surface area contributed by atoms with E-state index in [4.69, 9.17) is 0 Å². The Kier molecular flexibility index (Phi) is 4.12. The van der Waals surface area contributed by atoms with Crippen LogP contribution in [0.3, 0.4) is 0 Å². The Morgan fingerprint density at radius 3 is 2.83 bits per heavy atom. The predicted octanol–water partition coefficient (Wildman–Crippen LogP) is 2.08. The van der Waals surface area contributed by atoms with Crippen LogP contribution in [0.5, 0.6) is 0 Å². The summed E-state index contributed by atoms with van der Waals surface area (Å²) < 4.78 is 0. The van der Waals surface area contributed by atoms with Gasteiger partial charge in [-0.1, -0.05) is 20.8 Å². The molecule has 1 saturated heterocycles. The maximum absolute atomic E-state index is 12.0.